The van der Waals surface area contributed by atoms with Crippen molar-refractivity contribution in [1.29, 1.82) is 0 Å². The first-order valence-corrected chi connectivity index (χ1v) is 9.36. The summed E-state index contributed by atoms with van der Waals surface area (Å²) in [6.07, 6.45) is 2.05. The van der Waals surface area contributed by atoms with E-state index in [1.165, 1.54) is 31.2 Å². The van der Waals surface area contributed by atoms with Gasteiger partial charge in [-0.05, 0) is 31.9 Å². The maximum atomic E-state index is 12.1. The van der Waals surface area contributed by atoms with Crippen molar-refractivity contribution in [3.63, 3.8) is 0 Å². The molecule has 2 N–H and O–H groups in total. The number of benzene rings is 1. The fourth-order valence-corrected chi connectivity index (χ4v) is 3.40. The van der Waals surface area contributed by atoms with Crippen molar-refractivity contribution in [3.8, 4) is 0 Å². The van der Waals surface area contributed by atoms with Gasteiger partial charge < -0.3 is 10.1 Å². The van der Waals surface area contributed by atoms with Crippen LogP contribution in [0, 0.1) is 0 Å². The Morgan fingerprint density at radius 1 is 1.25 bits per heavy atom. The van der Waals surface area contributed by atoms with Crippen LogP contribution < -0.4 is 10.0 Å². The fraction of sp³-hybridized carbons (Fsp3) is 0.500. The zero-order valence-corrected chi connectivity index (χ0v) is 14.4. The average Bonchev–Trinajstić information content (AvgIpc) is 3.06. The molecule has 8 heteroatoms. The van der Waals surface area contributed by atoms with Gasteiger partial charge in [-0.1, -0.05) is 12.1 Å². The minimum atomic E-state index is -3.69. The van der Waals surface area contributed by atoms with E-state index in [0.29, 0.717) is 12.1 Å². The third-order valence-corrected chi connectivity index (χ3v) is 5.24. The van der Waals surface area contributed by atoms with Crippen molar-refractivity contribution in [2.24, 2.45) is 0 Å². The molecule has 132 valence electrons. The number of carbonyl (C=O) groups excluding carboxylic acids is 2. The summed E-state index contributed by atoms with van der Waals surface area (Å²) in [6, 6.07) is 5.67. The van der Waals surface area contributed by atoms with E-state index in [9.17, 15) is 18.0 Å². The molecule has 0 unspecified atom stereocenters. The van der Waals surface area contributed by atoms with Crippen LogP contribution in [0.25, 0.3) is 0 Å². The molecule has 1 atom stereocenters. The van der Waals surface area contributed by atoms with E-state index in [0.717, 1.165) is 19.4 Å². The maximum absolute atomic E-state index is 12.1. The molecule has 0 bridgehead atoms. The second kappa shape index (κ2) is 8.36. The number of rotatable bonds is 8. The van der Waals surface area contributed by atoms with Crippen molar-refractivity contribution < 1.29 is 22.7 Å². The average molecular weight is 354 g/mol. The number of Topliss-reactive ketones (excluding diaryl/α,β-unsaturated/α-hetero) is 1. The molecule has 0 aromatic heterocycles. The van der Waals surface area contributed by atoms with Crippen molar-refractivity contribution in [3.05, 3.63) is 29.8 Å². The predicted molar refractivity (Wildman–Crippen MR) is 88.2 cm³/mol. The summed E-state index contributed by atoms with van der Waals surface area (Å²) in [7, 11) is -3.69. The van der Waals surface area contributed by atoms with E-state index in [2.05, 4.69) is 10.0 Å². The molecule has 1 heterocycles. The molecular weight excluding hydrogens is 332 g/mol. The lowest BCUT2D eigenvalue weighted by atomic mass is 10.2. The molecule has 0 aliphatic carbocycles. The van der Waals surface area contributed by atoms with Crippen molar-refractivity contribution >= 4 is 21.7 Å². The highest BCUT2D eigenvalue weighted by molar-refractivity contribution is 7.89. The highest BCUT2D eigenvalue weighted by Gasteiger charge is 2.17. The molecule has 1 aromatic carbocycles. The number of carbonyl (C=O) groups is 2. The third-order valence-electron chi connectivity index (χ3n) is 3.77. The molecule has 1 aliphatic rings. The number of nitrogens with one attached hydrogen (secondary N) is 2. The van der Waals surface area contributed by atoms with Crippen LogP contribution in [0.5, 0.6) is 0 Å². The van der Waals surface area contributed by atoms with Crippen LogP contribution in [0.1, 0.15) is 36.5 Å². The Hall–Kier alpha value is -1.77. The first kappa shape index (κ1) is 18.6. The van der Waals surface area contributed by atoms with Crippen LogP contribution in [0.3, 0.4) is 0 Å². The van der Waals surface area contributed by atoms with Crippen molar-refractivity contribution in [2.75, 3.05) is 19.7 Å². The van der Waals surface area contributed by atoms with Gasteiger partial charge in [0.25, 0.3) is 0 Å². The molecule has 0 saturated carbocycles. The predicted octanol–water partition coefficient (Wildman–Crippen LogP) is 0.853. The minimum absolute atomic E-state index is 0.00809. The molecule has 1 saturated heterocycles. The Bertz CT molecular complexity index is 679. The number of ether oxygens (including phenoxy) is 1. The highest BCUT2D eigenvalue weighted by Crippen LogP contribution is 2.11. The summed E-state index contributed by atoms with van der Waals surface area (Å²) in [5.41, 5.74) is 0.447. The van der Waals surface area contributed by atoms with Crippen LogP contribution in [0.4, 0.5) is 0 Å². The summed E-state index contributed by atoms with van der Waals surface area (Å²) in [5, 5.41) is 2.73. The Morgan fingerprint density at radius 2 is 1.96 bits per heavy atom. The van der Waals surface area contributed by atoms with Crippen LogP contribution >= 0.6 is 0 Å². The number of amides is 1. The van der Waals surface area contributed by atoms with Crippen LogP contribution in [-0.4, -0.2) is 45.9 Å². The van der Waals surface area contributed by atoms with Gasteiger partial charge in [0, 0.05) is 31.7 Å². The van der Waals surface area contributed by atoms with Gasteiger partial charge in [-0.3, -0.25) is 9.59 Å². The third kappa shape index (κ3) is 5.40. The van der Waals surface area contributed by atoms with E-state index in [1.54, 1.807) is 0 Å². The van der Waals surface area contributed by atoms with Gasteiger partial charge in [-0.15, -0.1) is 0 Å². The lowest BCUT2D eigenvalue weighted by Gasteiger charge is -2.11. The lowest BCUT2D eigenvalue weighted by molar-refractivity contribution is -0.121. The van der Waals surface area contributed by atoms with E-state index in [1.807, 2.05) is 0 Å². The van der Waals surface area contributed by atoms with Crippen molar-refractivity contribution in [1.82, 2.24) is 10.0 Å². The molecule has 1 amide bonds. The standard InChI is InChI=1S/C16H22N2O5S/c1-12(19)13-4-6-15(7-5-13)24(21,22)18-9-8-16(20)17-11-14-3-2-10-23-14/h4-7,14,18H,2-3,8-11H2,1H3,(H,17,20)/t14-/m0/s1. The summed E-state index contributed by atoms with van der Waals surface area (Å²) >= 11 is 0. The molecule has 2 rings (SSSR count). The van der Waals surface area contributed by atoms with E-state index < -0.39 is 10.0 Å². The van der Waals surface area contributed by atoms with Crippen molar-refractivity contribution in [2.45, 2.75) is 37.2 Å². The fourth-order valence-electron chi connectivity index (χ4n) is 2.37. The first-order chi connectivity index (χ1) is 11.4. The lowest BCUT2D eigenvalue weighted by Crippen LogP contribution is -2.34. The smallest absolute Gasteiger partial charge is 0.240 e. The molecule has 24 heavy (non-hydrogen) atoms. The Labute approximate surface area is 141 Å². The molecule has 0 spiro atoms. The number of hydrogen-bond donors (Lipinski definition) is 2. The van der Waals surface area contributed by atoms with Crippen LogP contribution in [-0.2, 0) is 19.6 Å². The van der Waals surface area contributed by atoms with E-state index in [-0.39, 0.29) is 35.7 Å². The van der Waals surface area contributed by atoms with Gasteiger partial charge in [0.05, 0.1) is 11.0 Å². The molecule has 1 aromatic rings. The molecular formula is C16H22N2O5S. The van der Waals surface area contributed by atoms with Gasteiger partial charge in [-0.2, -0.15) is 0 Å². The summed E-state index contributed by atoms with van der Waals surface area (Å²) in [6.45, 7) is 2.60. The van der Waals surface area contributed by atoms with Gasteiger partial charge >= 0.3 is 0 Å². The Morgan fingerprint density at radius 3 is 2.54 bits per heavy atom. The monoisotopic (exact) mass is 354 g/mol. The number of sulfonamides is 1. The van der Waals surface area contributed by atoms with Crippen LogP contribution in [0.2, 0.25) is 0 Å². The second-order valence-electron chi connectivity index (χ2n) is 5.67. The molecule has 1 aliphatic heterocycles. The molecule has 1 fully saturated rings. The Balaban J connectivity index is 1.77. The zero-order valence-electron chi connectivity index (χ0n) is 13.6. The summed E-state index contributed by atoms with van der Waals surface area (Å²) < 4.78 is 32.0. The SMILES string of the molecule is CC(=O)c1ccc(S(=O)(=O)NCCC(=O)NC[C@@H]2CCCO2)cc1. The topological polar surface area (TPSA) is 102 Å². The normalized spacial score (nSPS) is 17.6. The number of ketones is 1. The first-order valence-electron chi connectivity index (χ1n) is 7.87. The zero-order chi connectivity index (χ0) is 17.6. The molecule has 7 nitrogen and oxygen atoms in total. The molecule has 0 radical (unpaired) electrons. The maximum Gasteiger partial charge on any atom is 0.240 e. The van der Waals surface area contributed by atoms with Gasteiger partial charge in [-0.25, -0.2) is 13.1 Å². The van der Waals surface area contributed by atoms with Gasteiger partial charge in [0.15, 0.2) is 5.78 Å². The van der Waals surface area contributed by atoms with Gasteiger partial charge in [0.2, 0.25) is 15.9 Å². The largest absolute Gasteiger partial charge is 0.376 e. The number of hydrogen-bond acceptors (Lipinski definition) is 5. The Kier molecular flexibility index (Phi) is 6.47. The summed E-state index contributed by atoms with van der Waals surface area (Å²) in [5.74, 6) is -0.352. The van der Waals surface area contributed by atoms with E-state index in [4.69, 9.17) is 4.74 Å². The van der Waals surface area contributed by atoms with E-state index >= 15 is 0 Å². The quantitative estimate of drug-likeness (QED) is 0.674. The second-order valence-corrected chi connectivity index (χ2v) is 7.43. The minimum Gasteiger partial charge on any atom is -0.376 e. The van der Waals surface area contributed by atoms with Crippen LogP contribution in [0.15, 0.2) is 29.2 Å². The highest BCUT2D eigenvalue weighted by atomic mass is 32.2. The summed E-state index contributed by atoms with van der Waals surface area (Å²) in [4.78, 5) is 23.0. The van der Waals surface area contributed by atoms with Gasteiger partial charge in [0.1, 0.15) is 0 Å².